The number of aliphatic hydroxyl groups excluding tert-OH is 1. The Bertz CT molecular complexity index is 699. The van der Waals surface area contributed by atoms with Gasteiger partial charge in [-0.2, -0.15) is 0 Å². The van der Waals surface area contributed by atoms with Gasteiger partial charge in [-0.25, -0.2) is 0 Å². The molecule has 0 saturated heterocycles. The van der Waals surface area contributed by atoms with Crippen LogP contribution in [0.3, 0.4) is 0 Å². The van der Waals surface area contributed by atoms with E-state index in [2.05, 4.69) is 46.4 Å². The molecule has 3 rings (SSSR count). The fourth-order valence-corrected chi connectivity index (χ4v) is 4.89. The van der Waals surface area contributed by atoms with Gasteiger partial charge in [-0.1, -0.05) is 18.2 Å². The van der Waals surface area contributed by atoms with E-state index < -0.39 is 6.10 Å². The fourth-order valence-electron chi connectivity index (χ4n) is 2.04. The number of rotatable bonds is 2. The van der Waals surface area contributed by atoms with Crippen molar-refractivity contribution in [3.63, 3.8) is 0 Å². The molecule has 1 unspecified atom stereocenters. The van der Waals surface area contributed by atoms with E-state index in [0.717, 1.165) is 20.3 Å². The largest absolute Gasteiger partial charge is 0.383 e. The number of fused-ring (bicyclic) bond motifs is 1. The lowest BCUT2D eigenvalue weighted by molar-refractivity contribution is 0.225. The second-order valence-corrected chi connectivity index (χ2v) is 7.21. The highest BCUT2D eigenvalue weighted by Gasteiger charge is 2.19. The molecule has 2 heterocycles. The SMILES string of the molecule is Cc1cc(Br)c(C(O)c2csc3ccccc23)s1. The highest BCUT2D eigenvalue weighted by molar-refractivity contribution is 9.10. The van der Waals surface area contributed by atoms with Crippen LogP contribution < -0.4 is 0 Å². The second kappa shape index (κ2) is 4.78. The summed E-state index contributed by atoms with van der Waals surface area (Å²) in [5.41, 5.74) is 0.998. The number of hydrogen-bond acceptors (Lipinski definition) is 3. The number of thiophene rings is 2. The van der Waals surface area contributed by atoms with Gasteiger partial charge in [0.25, 0.3) is 0 Å². The molecule has 1 nitrogen and oxygen atoms in total. The molecule has 0 spiro atoms. The number of aliphatic hydroxyl groups is 1. The van der Waals surface area contributed by atoms with Crippen molar-refractivity contribution in [1.29, 1.82) is 0 Å². The van der Waals surface area contributed by atoms with Crippen LogP contribution in [0, 0.1) is 6.92 Å². The molecule has 4 heteroatoms. The van der Waals surface area contributed by atoms with E-state index in [1.54, 1.807) is 22.7 Å². The Morgan fingerprint density at radius 2 is 2.06 bits per heavy atom. The fraction of sp³-hybridized carbons (Fsp3) is 0.143. The molecule has 92 valence electrons. The van der Waals surface area contributed by atoms with Crippen LogP contribution in [0.4, 0.5) is 0 Å². The molecule has 0 radical (unpaired) electrons. The van der Waals surface area contributed by atoms with E-state index in [-0.39, 0.29) is 0 Å². The Kier molecular flexibility index (Phi) is 3.28. The maximum Gasteiger partial charge on any atom is 0.116 e. The van der Waals surface area contributed by atoms with E-state index in [1.165, 1.54) is 9.58 Å². The van der Waals surface area contributed by atoms with E-state index >= 15 is 0 Å². The normalized spacial score (nSPS) is 13.1. The van der Waals surface area contributed by atoms with Crippen molar-refractivity contribution in [2.75, 3.05) is 0 Å². The van der Waals surface area contributed by atoms with Crippen molar-refractivity contribution in [3.05, 3.63) is 55.5 Å². The first-order chi connectivity index (χ1) is 8.66. The molecule has 0 aliphatic heterocycles. The summed E-state index contributed by atoms with van der Waals surface area (Å²) in [4.78, 5) is 2.19. The Morgan fingerprint density at radius 3 is 2.78 bits per heavy atom. The van der Waals surface area contributed by atoms with Crippen molar-refractivity contribution in [3.8, 4) is 0 Å². The first-order valence-corrected chi connectivity index (χ1v) is 8.06. The minimum absolute atomic E-state index is 0.547. The van der Waals surface area contributed by atoms with E-state index in [0.29, 0.717) is 0 Å². The smallest absolute Gasteiger partial charge is 0.116 e. The zero-order valence-electron chi connectivity index (χ0n) is 9.68. The Balaban J connectivity index is 2.12. The zero-order valence-corrected chi connectivity index (χ0v) is 12.9. The van der Waals surface area contributed by atoms with Gasteiger partial charge in [0.05, 0.1) is 4.88 Å². The van der Waals surface area contributed by atoms with Gasteiger partial charge in [-0.05, 0) is 45.8 Å². The highest BCUT2D eigenvalue weighted by atomic mass is 79.9. The first-order valence-electron chi connectivity index (χ1n) is 5.57. The molecule has 1 aromatic carbocycles. The maximum atomic E-state index is 10.6. The van der Waals surface area contributed by atoms with Crippen molar-refractivity contribution in [2.24, 2.45) is 0 Å². The summed E-state index contributed by atoms with van der Waals surface area (Å²) in [5, 5.41) is 13.8. The lowest BCUT2D eigenvalue weighted by Crippen LogP contribution is -1.96. The Labute approximate surface area is 122 Å². The zero-order chi connectivity index (χ0) is 12.7. The van der Waals surface area contributed by atoms with Gasteiger partial charge >= 0.3 is 0 Å². The number of hydrogen-bond donors (Lipinski definition) is 1. The third kappa shape index (κ3) is 2.03. The quantitative estimate of drug-likeness (QED) is 0.687. The Hall–Kier alpha value is -0.680. The van der Waals surface area contributed by atoms with Gasteiger partial charge in [0.15, 0.2) is 0 Å². The van der Waals surface area contributed by atoms with Crippen LogP contribution in [0.15, 0.2) is 40.2 Å². The first kappa shape index (κ1) is 12.4. The van der Waals surface area contributed by atoms with Gasteiger partial charge in [-0.15, -0.1) is 22.7 Å². The number of aryl methyl sites for hydroxylation is 1. The molecule has 1 N–H and O–H groups in total. The lowest BCUT2D eigenvalue weighted by atomic mass is 10.1. The van der Waals surface area contributed by atoms with Crippen LogP contribution in [0.1, 0.15) is 21.4 Å². The lowest BCUT2D eigenvalue weighted by Gasteiger charge is -2.08. The molecule has 1 atom stereocenters. The minimum atomic E-state index is -0.547. The highest BCUT2D eigenvalue weighted by Crippen LogP contribution is 2.39. The van der Waals surface area contributed by atoms with Gasteiger partial charge < -0.3 is 5.11 Å². The summed E-state index contributed by atoms with van der Waals surface area (Å²) in [7, 11) is 0. The third-order valence-corrected chi connectivity index (χ3v) is 5.89. The molecule has 0 bridgehead atoms. The van der Waals surface area contributed by atoms with Crippen molar-refractivity contribution in [1.82, 2.24) is 0 Å². The van der Waals surface area contributed by atoms with E-state index in [1.807, 2.05) is 12.1 Å². The summed E-state index contributed by atoms with van der Waals surface area (Å²) in [5.74, 6) is 0. The predicted molar refractivity (Wildman–Crippen MR) is 82.6 cm³/mol. The second-order valence-electron chi connectivity index (χ2n) is 4.16. The van der Waals surface area contributed by atoms with Crippen LogP contribution in [-0.4, -0.2) is 5.11 Å². The average Bonchev–Trinajstić information content (AvgIpc) is 2.92. The molecule has 2 aromatic heterocycles. The van der Waals surface area contributed by atoms with Crippen molar-refractivity contribution < 1.29 is 5.11 Å². The number of halogens is 1. The standard InChI is InChI=1S/C14H11BrOS2/c1-8-6-11(15)14(18-8)13(16)10-7-17-12-5-3-2-4-9(10)12/h2-7,13,16H,1H3. The average molecular weight is 339 g/mol. The van der Waals surface area contributed by atoms with E-state index in [9.17, 15) is 5.11 Å². The summed E-state index contributed by atoms with van der Waals surface area (Å²) >= 11 is 6.84. The monoisotopic (exact) mass is 338 g/mol. The van der Waals surface area contributed by atoms with Gasteiger partial charge in [0.1, 0.15) is 6.10 Å². The predicted octanol–water partition coefficient (Wildman–Crippen LogP) is 5.12. The molecular formula is C14H11BrOS2. The molecule has 0 aliphatic carbocycles. The summed E-state index contributed by atoms with van der Waals surface area (Å²) < 4.78 is 2.21. The van der Waals surface area contributed by atoms with Gasteiger partial charge in [0, 0.05) is 19.6 Å². The van der Waals surface area contributed by atoms with Gasteiger partial charge in [-0.3, -0.25) is 0 Å². The van der Waals surface area contributed by atoms with Crippen molar-refractivity contribution >= 4 is 48.7 Å². The molecule has 0 amide bonds. The topological polar surface area (TPSA) is 20.2 Å². The van der Waals surface area contributed by atoms with Crippen LogP contribution in [-0.2, 0) is 0 Å². The maximum absolute atomic E-state index is 10.6. The summed E-state index contributed by atoms with van der Waals surface area (Å²) in [6.45, 7) is 2.05. The van der Waals surface area contributed by atoms with Crippen LogP contribution in [0.5, 0.6) is 0 Å². The minimum Gasteiger partial charge on any atom is -0.383 e. The van der Waals surface area contributed by atoms with Crippen LogP contribution >= 0.6 is 38.6 Å². The van der Waals surface area contributed by atoms with E-state index in [4.69, 9.17) is 0 Å². The number of benzene rings is 1. The third-order valence-electron chi connectivity index (χ3n) is 2.89. The molecule has 0 aliphatic rings. The van der Waals surface area contributed by atoms with Crippen LogP contribution in [0.25, 0.3) is 10.1 Å². The van der Waals surface area contributed by atoms with Crippen LogP contribution in [0.2, 0.25) is 0 Å². The molecule has 0 saturated carbocycles. The van der Waals surface area contributed by atoms with Gasteiger partial charge in [0.2, 0.25) is 0 Å². The Morgan fingerprint density at radius 1 is 1.28 bits per heavy atom. The summed E-state index contributed by atoms with van der Waals surface area (Å²) in [6, 6.07) is 10.3. The molecule has 0 fully saturated rings. The summed E-state index contributed by atoms with van der Waals surface area (Å²) in [6.07, 6.45) is -0.547. The molecule has 3 aromatic rings. The van der Waals surface area contributed by atoms with Crippen molar-refractivity contribution in [2.45, 2.75) is 13.0 Å². The molecular weight excluding hydrogens is 328 g/mol. The molecule has 18 heavy (non-hydrogen) atoms.